The summed E-state index contributed by atoms with van der Waals surface area (Å²) in [7, 11) is 1.32. The molecule has 1 aliphatic rings. The van der Waals surface area contributed by atoms with Crippen LogP contribution in [0.4, 0.5) is 13.6 Å². The number of carbonyl (C=O) groups excluding carboxylic acids is 2. The van der Waals surface area contributed by atoms with Crippen LogP contribution in [0.3, 0.4) is 0 Å². The Balaban J connectivity index is 1.50. The van der Waals surface area contributed by atoms with E-state index in [0.717, 1.165) is 30.5 Å². The van der Waals surface area contributed by atoms with Gasteiger partial charge >= 0.3 is 12.1 Å². The fraction of sp³-hybridized carbons (Fsp3) is 0.333. The minimum Gasteiger partial charge on any atom is -0.465 e. The molecule has 1 aromatic heterocycles. The molecule has 0 aliphatic carbocycles. The van der Waals surface area contributed by atoms with E-state index in [-0.39, 0.29) is 24.5 Å². The zero-order valence-electron chi connectivity index (χ0n) is 26.4. The van der Waals surface area contributed by atoms with Crippen molar-refractivity contribution >= 4 is 12.1 Å². The molecule has 46 heavy (non-hydrogen) atoms. The van der Waals surface area contributed by atoms with Crippen LogP contribution in [-0.2, 0) is 27.4 Å². The fourth-order valence-electron chi connectivity index (χ4n) is 5.50. The van der Waals surface area contributed by atoms with Crippen molar-refractivity contribution in [2.75, 3.05) is 20.2 Å². The summed E-state index contributed by atoms with van der Waals surface area (Å²) in [6.45, 7) is 6.88. The molecule has 1 amide bonds. The number of nitrogens with zero attached hydrogens (tertiary/aromatic N) is 2. The molecule has 2 heterocycles. The highest BCUT2D eigenvalue weighted by atomic mass is 19.1. The Hall–Kier alpha value is -4.70. The van der Waals surface area contributed by atoms with E-state index >= 15 is 0 Å². The number of piperidine rings is 1. The maximum atomic E-state index is 14.2. The van der Waals surface area contributed by atoms with E-state index in [1.165, 1.54) is 13.2 Å². The van der Waals surface area contributed by atoms with Crippen molar-refractivity contribution < 1.29 is 37.3 Å². The average molecular weight is 633 g/mol. The van der Waals surface area contributed by atoms with Gasteiger partial charge in [-0.05, 0) is 69.0 Å². The third-order valence-electron chi connectivity index (χ3n) is 7.62. The first-order chi connectivity index (χ1) is 22.0. The predicted molar refractivity (Wildman–Crippen MR) is 169 cm³/mol. The smallest absolute Gasteiger partial charge is 0.410 e. The van der Waals surface area contributed by atoms with Gasteiger partial charge in [0.2, 0.25) is 0 Å². The number of benzene rings is 3. The van der Waals surface area contributed by atoms with E-state index < -0.39 is 29.0 Å². The molecule has 1 fully saturated rings. The van der Waals surface area contributed by atoms with Crippen LogP contribution >= 0.6 is 0 Å². The number of likely N-dealkylation sites (tertiary alicyclic amines) is 1. The number of rotatable bonds is 9. The number of hydrogen-bond acceptors (Lipinski definition) is 6. The van der Waals surface area contributed by atoms with Gasteiger partial charge in [-0.15, -0.1) is 0 Å². The molecule has 1 atom stereocenters. The minimum absolute atomic E-state index is 0.107. The Bertz CT molecular complexity index is 1640. The molecule has 0 bridgehead atoms. The first-order valence-electron chi connectivity index (χ1n) is 15.2. The zero-order valence-corrected chi connectivity index (χ0v) is 26.4. The molecule has 0 N–H and O–H groups in total. The summed E-state index contributed by atoms with van der Waals surface area (Å²) in [5, 5.41) is 0. The van der Waals surface area contributed by atoms with Gasteiger partial charge in [0, 0.05) is 24.8 Å². The molecule has 1 saturated heterocycles. The van der Waals surface area contributed by atoms with Crippen LogP contribution in [0.25, 0.3) is 11.1 Å². The summed E-state index contributed by atoms with van der Waals surface area (Å²) >= 11 is 0. The quantitative estimate of drug-likeness (QED) is 0.173. The van der Waals surface area contributed by atoms with Crippen molar-refractivity contribution in [3.8, 4) is 22.6 Å². The van der Waals surface area contributed by atoms with Crippen LogP contribution in [0, 0.1) is 11.6 Å². The number of carbonyl (C=O) groups is 2. The Morgan fingerprint density at radius 1 is 0.913 bits per heavy atom. The molecule has 10 heteroatoms. The second-order valence-corrected chi connectivity index (χ2v) is 12.1. The van der Waals surface area contributed by atoms with Crippen molar-refractivity contribution in [3.05, 3.63) is 107 Å². The minimum atomic E-state index is -0.817. The number of para-hydroxylation sites is 1. The van der Waals surface area contributed by atoms with Crippen molar-refractivity contribution in [2.24, 2.45) is 0 Å². The van der Waals surface area contributed by atoms with Gasteiger partial charge in [-0.3, -0.25) is 0 Å². The van der Waals surface area contributed by atoms with Crippen molar-refractivity contribution in [3.63, 3.8) is 0 Å². The van der Waals surface area contributed by atoms with Crippen molar-refractivity contribution in [1.82, 2.24) is 9.47 Å². The maximum Gasteiger partial charge on any atom is 0.410 e. The lowest BCUT2D eigenvalue weighted by atomic mass is 10.0. The number of methoxy groups -OCH3 is 1. The Labute approximate surface area is 267 Å². The summed E-state index contributed by atoms with van der Waals surface area (Å²) in [5.41, 5.74) is 2.54. The average Bonchev–Trinajstić information content (AvgIpc) is 3.42. The Morgan fingerprint density at radius 3 is 2.26 bits per heavy atom. The molecule has 0 saturated carbocycles. The second-order valence-electron chi connectivity index (χ2n) is 12.1. The molecule has 3 aromatic carbocycles. The van der Waals surface area contributed by atoms with E-state index in [2.05, 4.69) is 0 Å². The van der Waals surface area contributed by atoms with Crippen LogP contribution in [-0.4, -0.2) is 47.3 Å². The zero-order chi connectivity index (χ0) is 32.8. The van der Waals surface area contributed by atoms with E-state index in [4.69, 9.17) is 18.9 Å². The van der Waals surface area contributed by atoms with E-state index in [9.17, 15) is 18.4 Å². The van der Waals surface area contributed by atoms with Crippen LogP contribution in [0.1, 0.15) is 61.3 Å². The summed E-state index contributed by atoms with van der Waals surface area (Å²) in [5.74, 6) is -2.45. The van der Waals surface area contributed by atoms with Gasteiger partial charge in [-0.25, -0.2) is 18.4 Å². The molecule has 242 valence electrons. The molecule has 5 rings (SSSR count). The van der Waals surface area contributed by atoms with Gasteiger partial charge in [-0.2, -0.15) is 0 Å². The van der Waals surface area contributed by atoms with Crippen LogP contribution in [0.2, 0.25) is 0 Å². The van der Waals surface area contributed by atoms with Crippen molar-refractivity contribution in [1.29, 1.82) is 0 Å². The number of hydrogen-bond donors (Lipinski definition) is 0. The molecule has 1 aliphatic heterocycles. The topological polar surface area (TPSA) is 79.2 Å². The second kappa shape index (κ2) is 14.2. The van der Waals surface area contributed by atoms with Gasteiger partial charge in [0.1, 0.15) is 11.4 Å². The highest BCUT2D eigenvalue weighted by molar-refractivity contribution is 5.99. The van der Waals surface area contributed by atoms with E-state index in [0.29, 0.717) is 42.1 Å². The lowest BCUT2D eigenvalue weighted by molar-refractivity contribution is 0.0167. The summed E-state index contributed by atoms with van der Waals surface area (Å²) in [6, 6.07) is 19.6. The summed E-state index contributed by atoms with van der Waals surface area (Å²) in [6.07, 6.45) is 3.00. The lowest BCUT2D eigenvalue weighted by Gasteiger charge is -2.35. The number of aromatic nitrogens is 1. The maximum absolute atomic E-state index is 14.2. The number of esters is 1. The van der Waals surface area contributed by atoms with Crippen LogP contribution < -0.4 is 4.74 Å². The third-order valence-corrected chi connectivity index (χ3v) is 7.62. The van der Waals surface area contributed by atoms with Gasteiger partial charge in [-0.1, -0.05) is 48.5 Å². The molecule has 0 unspecified atom stereocenters. The lowest BCUT2D eigenvalue weighted by Crippen LogP contribution is -2.43. The number of amides is 1. The highest BCUT2D eigenvalue weighted by Gasteiger charge is 2.32. The monoisotopic (exact) mass is 632 g/mol. The third kappa shape index (κ3) is 7.74. The SMILES string of the molecule is COC(=O)c1c(-c2ccc(Oc3c(F)cccc3F)cc2)cn([C@@H]2CCCN(C(=O)OC(C)(C)C)C2)c1COCc1ccccc1. The van der Waals surface area contributed by atoms with Crippen molar-refractivity contribution in [2.45, 2.75) is 58.5 Å². The molecular weight excluding hydrogens is 594 g/mol. The molecule has 0 radical (unpaired) electrons. The number of halogens is 2. The van der Waals surface area contributed by atoms with Gasteiger partial charge in [0.25, 0.3) is 0 Å². The van der Waals surface area contributed by atoms with Gasteiger partial charge in [0.15, 0.2) is 17.4 Å². The Morgan fingerprint density at radius 2 is 1.61 bits per heavy atom. The highest BCUT2D eigenvalue weighted by Crippen LogP contribution is 2.36. The van der Waals surface area contributed by atoms with E-state index in [1.807, 2.05) is 61.9 Å². The predicted octanol–water partition coefficient (Wildman–Crippen LogP) is 8.30. The Kier molecular flexibility index (Phi) is 10.1. The first kappa shape index (κ1) is 32.7. The van der Waals surface area contributed by atoms with Crippen LogP contribution in [0.15, 0.2) is 79.0 Å². The summed E-state index contributed by atoms with van der Waals surface area (Å²) in [4.78, 5) is 28.1. The molecular formula is C36H38F2N2O6. The van der Waals surface area contributed by atoms with Gasteiger partial charge in [0.05, 0.1) is 37.6 Å². The molecule has 4 aromatic rings. The molecule has 8 nitrogen and oxygen atoms in total. The van der Waals surface area contributed by atoms with Gasteiger partial charge < -0.3 is 28.4 Å². The standard InChI is InChI=1S/C36H38F2N2O6/c1-36(2,3)46-35(42)39-19-9-12-26(20-39)40-21-28(25-15-17-27(18-16-25)45-33-29(37)13-8-14-30(33)38)32(34(41)43-4)31(40)23-44-22-24-10-6-5-7-11-24/h5-8,10-11,13-18,21,26H,9,12,19-20,22-23H2,1-4H3/t26-/m1/s1. The van der Waals surface area contributed by atoms with E-state index in [1.54, 1.807) is 29.2 Å². The summed E-state index contributed by atoms with van der Waals surface area (Å²) < 4.78 is 52.9. The van der Waals surface area contributed by atoms with Crippen LogP contribution in [0.5, 0.6) is 11.5 Å². The first-order valence-corrected chi connectivity index (χ1v) is 15.2. The fourth-order valence-corrected chi connectivity index (χ4v) is 5.50. The normalized spacial score (nSPS) is 15.0. The largest absolute Gasteiger partial charge is 0.465 e. The molecule has 0 spiro atoms. The number of ether oxygens (including phenoxy) is 4.